The summed E-state index contributed by atoms with van der Waals surface area (Å²) in [7, 11) is 1.68. The van der Waals surface area contributed by atoms with Crippen LogP contribution in [-0.4, -0.2) is 54.9 Å². The predicted octanol–water partition coefficient (Wildman–Crippen LogP) is 4.16. The van der Waals surface area contributed by atoms with Gasteiger partial charge in [-0.2, -0.15) is 0 Å². The Morgan fingerprint density at radius 3 is 2.30 bits per heavy atom. The lowest BCUT2D eigenvalue weighted by atomic mass is 10.1. The van der Waals surface area contributed by atoms with E-state index in [1.54, 1.807) is 13.4 Å². The third-order valence-electron chi connectivity index (χ3n) is 5.53. The fourth-order valence-electron chi connectivity index (χ4n) is 3.95. The Balaban J connectivity index is 1.30. The van der Waals surface area contributed by atoms with E-state index in [1.807, 2.05) is 44.2 Å². The minimum atomic E-state index is -0.0433. The number of rotatable bonds is 7. The summed E-state index contributed by atoms with van der Waals surface area (Å²) in [4.78, 5) is 25.8. The van der Waals surface area contributed by atoms with Crippen LogP contribution in [0.1, 0.15) is 11.1 Å². The number of aromatic nitrogens is 2. The summed E-state index contributed by atoms with van der Waals surface area (Å²) in [6.07, 6.45) is 1.58. The highest BCUT2D eigenvalue weighted by Crippen LogP contribution is 2.24. The van der Waals surface area contributed by atoms with Crippen molar-refractivity contribution in [3.63, 3.8) is 0 Å². The van der Waals surface area contributed by atoms with Crippen molar-refractivity contribution in [1.82, 2.24) is 9.97 Å². The molecule has 1 fully saturated rings. The van der Waals surface area contributed by atoms with Crippen LogP contribution in [0.2, 0.25) is 0 Å². The standard InChI is InChI=1S/C25H29N5O2S/c1-18-12-19(2)14-20(13-18)28-24(31)16-33-25-15-23(26-17-27-25)30-10-8-29(9-11-30)21-4-6-22(32-3)7-5-21/h4-7,12-15,17H,8-11,16H2,1-3H3,(H,28,31). The van der Waals surface area contributed by atoms with Gasteiger partial charge in [0.2, 0.25) is 5.91 Å². The Hall–Kier alpha value is -3.26. The van der Waals surface area contributed by atoms with Gasteiger partial charge in [0, 0.05) is 43.6 Å². The number of hydrogen-bond acceptors (Lipinski definition) is 7. The van der Waals surface area contributed by atoms with Crippen molar-refractivity contribution in [2.75, 3.05) is 54.2 Å². The number of ether oxygens (including phenoxy) is 1. The van der Waals surface area contributed by atoms with Gasteiger partial charge in [-0.15, -0.1) is 0 Å². The number of carbonyl (C=O) groups is 1. The molecular formula is C25H29N5O2S. The van der Waals surface area contributed by atoms with Gasteiger partial charge in [-0.3, -0.25) is 4.79 Å². The summed E-state index contributed by atoms with van der Waals surface area (Å²) >= 11 is 1.42. The summed E-state index contributed by atoms with van der Waals surface area (Å²) in [5.41, 5.74) is 4.29. The first kappa shape index (κ1) is 22.9. The molecule has 8 heteroatoms. The Kier molecular flexibility index (Phi) is 7.34. The van der Waals surface area contributed by atoms with Crippen LogP contribution >= 0.6 is 11.8 Å². The van der Waals surface area contributed by atoms with Crippen LogP contribution in [0.15, 0.2) is 59.9 Å². The number of amides is 1. The fourth-order valence-corrected chi connectivity index (χ4v) is 4.61. The van der Waals surface area contributed by atoms with Crippen LogP contribution in [0.25, 0.3) is 0 Å². The first-order valence-electron chi connectivity index (χ1n) is 11.0. The quantitative estimate of drug-likeness (QED) is 0.417. The first-order chi connectivity index (χ1) is 16.0. The second-order valence-electron chi connectivity index (χ2n) is 8.10. The molecule has 1 saturated heterocycles. The van der Waals surface area contributed by atoms with E-state index in [9.17, 15) is 4.79 Å². The lowest BCUT2D eigenvalue weighted by Gasteiger charge is -2.36. The van der Waals surface area contributed by atoms with Gasteiger partial charge in [-0.1, -0.05) is 17.8 Å². The van der Waals surface area contributed by atoms with Gasteiger partial charge in [0.15, 0.2) is 0 Å². The molecular weight excluding hydrogens is 434 g/mol. The van der Waals surface area contributed by atoms with Gasteiger partial charge < -0.3 is 19.9 Å². The normalized spacial score (nSPS) is 13.7. The smallest absolute Gasteiger partial charge is 0.234 e. The molecule has 1 aliphatic heterocycles. The Bertz CT molecular complexity index is 1080. The van der Waals surface area contributed by atoms with E-state index in [0.717, 1.165) is 59.6 Å². The monoisotopic (exact) mass is 463 g/mol. The average Bonchev–Trinajstić information content (AvgIpc) is 2.82. The molecule has 0 unspecified atom stereocenters. The molecule has 1 aromatic heterocycles. The van der Waals surface area contributed by atoms with E-state index >= 15 is 0 Å². The molecule has 7 nitrogen and oxygen atoms in total. The van der Waals surface area contributed by atoms with Crippen molar-refractivity contribution in [3.8, 4) is 5.75 Å². The van der Waals surface area contributed by atoms with Gasteiger partial charge in [-0.25, -0.2) is 9.97 Å². The molecule has 0 aliphatic carbocycles. The fraction of sp³-hybridized carbons (Fsp3) is 0.320. The maximum atomic E-state index is 12.4. The molecule has 0 atom stereocenters. The summed E-state index contributed by atoms with van der Waals surface area (Å²) in [6.45, 7) is 7.63. The zero-order chi connectivity index (χ0) is 23.2. The van der Waals surface area contributed by atoms with Crippen LogP contribution in [0.3, 0.4) is 0 Å². The second kappa shape index (κ2) is 10.6. The molecule has 172 valence electrons. The lowest BCUT2D eigenvalue weighted by Crippen LogP contribution is -2.46. The second-order valence-corrected chi connectivity index (χ2v) is 9.10. The highest BCUT2D eigenvalue weighted by Gasteiger charge is 2.19. The number of piperazine rings is 1. The highest BCUT2D eigenvalue weighted by molar-refractivity contribution is 7.99. The molecule has 2 aromatic carbocycles. The number of carbonyl (C=O) groups excluding carboxylic acids is 1. The van der Waals surface area contributed by atoms with Crippen LogP contribution in [0, 0.1) is 13.8 Å². The Morgan fingerprint density at radius 2 is 1.64 bits per heavy atom. The molecule has 0 spiro atoms. The van der Waals surface area contributed by atoms with Gasteiger partial charge in [-0.05, 0) is 61.4 Å². The topological polar surface area (TPSA) is 70.6 Å². The number of benzene rings is 2. The molecule has 1 amide bonds. The average molecular weight is 464 g/mol. The summed E-state index contributed by atoms with van der Waals surface area (Å²) in [5.74, 6) is 2.02. The van der Waals surface area contributed by atoms with Gasteiger partial charge >= 0.3 is 0 Å². The summed E-state index contributed by atoms with van der Waals surface area (Å²) < 4.78 is 5.25. The van der Waals surface area contributed by atoms with E-state index in [0.29, 0.717) is 5.75 Å². The van der Waals surface area contributed by atoms with Crippen LogP contribution in [-0.2, 0) is 4.79 Å². The molecule has 3 aromatic rings. The number of methoxy groups -OCH3 is 1. The van der Waals surface area contributed by atoms with Crippen molar-refractivity contribution in [3.05, 3.63) is 66.0 Å². The predicted molar refractivity (Wildman–Crippen MR) is 135 cm³/mol. The maximum absolute atomic E-state index is 12.4. The van der Waals surface area contributed by atoms with Crippen LogP contribution < -0.4 is 19.9 Å². The van der Waals surface area contributed by atoms with E-state index in [4.69, 9.17) is 4.74 Å². The van der Waals surface area contributed by atoms with Gasteiger partial charge in [0.1, 0.15) is 22.9 Å². The number of thioether (sulfide) groups is 1. The minimum absolute atomic E-state index is 0.0433. The third kappa shape index (κ3) is 6.16. The van der Waals surface area contributed by atoms with Gasteiger partial charge in [0.05, 0.1) is 12.9 Å². The van der Waals surface area contributed by atoms with Crippen LogP contribution in [0.4, 0.5) is 17.2 Å². The van der Waals surface area contributed by atoms with Crippen molar-refractivity contribution < 1.29 is 9.53 Å². The van der Waals surface area contributed by atoms with E-state index in [1.165, 1.54) is 17.4 Å². The molecule has 1 N–H and O–H groups in total. The van der Waals surface area contributed by atoms with Crippen molar-refractivity contribution in [2.24, 2.45) is 0 Å². The number of hydrogen-bond donors (Lipinski definition) is 1. The zero-order valence-corrected chi connectivity index (χ0v) is 20.1. The molecule has 2 heterocycles. The Labute approximate surface area is 199 Å². The molecule has 33 heavy (non-hydrogen) atoms. The largest absolute Gasteiger partial charge is 0.497 e. The summed E-state index contributed by atoms with van der Waals surface area (Å²) in [6, 6.07) is 16.2. The Morgan fingerprint density at radius 1 is 0.970 bits per heavy atom. The highest BCUT2D eigenvalue weighted by atomic mass is 32.2. The van der Waals surface area contributed by atoms with E-state index in [-0.39, 0.29) is 5.91 Å². The molecule has 0 bridgehead atoms. The lowest BCUT2D eigenvalue weighted by molar-refractivity contribution is -0.113. The molecule has 0 saturated carbocycles. The molecule has 1 aliphatic rings. The molecule has 0 radical (unpaired) electrons. The van der Waals surface area contributed by atoms with Crippen LogP contribution in [0.5, 0.6) is 5.75 Å². The van der Waals surface area contributed by atoms with Crippen molar-refractivity contribution >= 4 is 34.9 Å². The molecule has 4 rings (SSSR count). The first-order valence-corrected chi connectivity index (χ1v) is 12.0. The zero-order valence-electron chi connectivity index (χ0n) is 19.2. The van der Waals surface area contributed by atoms with Crippen molar-refractivity contribution in [2.45, 2.75) is 18.9 Å². The van der Waals surface area contributed by atoms with Gasteiger partial charge in [0.25, 0.3) is 0 Å². The number of nitrogens with zero attached hydrogens (tertiary/aromatic N) is 4. The third-order valence-corrected chi connectivity index (χ3v) is 6.45. The minimum Gasteiger partial charge on any atom is -0.497 e. The van der Waals surface area contributed by atoms with E-state index < -0.39 is 0 Å². The maximum Gasteiger partial charge on any atom is 0.234 e. The number of aryl methyl sites for hydroxylation is 2. The summed E-state index contributed by atoms with van der Waals surface area (Å²) in [5, 5.41) is 3.77. The number of nitrogens with one attached hydrogen (secondary N) is 1. The number of anilines is 3. The van der Waals surface area contributed by atoms with Crippen molar-refractivity contribution in [1.29, 1.82) is 0 Å². The SMILES string of the molecule is COc1ccc(N2CCN(c3cc(SCC(=O)Nc4cc(C)cc(C)c4)ncn3)CC2)cc1. The van der Waals surface area contributed by atoms with E-state index in [2.05, 4.69) is 43.3 Å².